The molecule has 11 heteroatoms. The second-order valence-electron chi connectivity index (χ2n) is 9.92. The van der Waals surface area contributed by atoms with Gasteiger partial charge in [-0.25, -0.2) is 4.99 Å². The summed E-state index contributed by atoms with van der Waals surface area (Å²) >= 11 is 0. The SMILES string of the molecule is NC(=O)[C@H](CCC(F)(F)F)[C@@H](C(=O)N[C@H]1N=C(c2ccccc2)c2cccc3c2N(CCN3)C1=O)c1ccccc1. The first-order chi connectivity index (χ1) is 19.6. The molecule has 0 radical (unpaired) electrons. The van der Waals surface area contributed by atoms with E-state index in [9.17, 15) is 27.6 Å². The Labute approximate surface area is 234 Å². The molecule has 0 bridgehead atoms. The maximum absolute atomic E-state index is 13.9. The molecule has 5 rings (SSSR count). The van der Waals surface area contributed by atoms with E-state index in [1.54, 1.807) is 35.2 Å². The molecule has 2 heterocycles. The summed E-state index contributed by atoms with van der Waals surface area (Å²) in [6.07, 6.45) is -7.94. The summed E-state index contributed by atoms with van der Waals surface area (Å²) in [6.45, 7) is 0.780. The third kappa shape index (κ3) is 5.93. The van der Waals surface area contributed by atoms with E-state index in [4.69, 9.17) is 10.7 Å². The van der Waals surface area contributed by atoms with Gasteiger partial charge in [0, 0.05) is 30.6 Å². The zero-order valence-electron chi connectivity index (χ0n) is 21.9. The van der Waals surface area contributed by atoms with E-state index in [1.165, 1.54) is 0 Å². The Morgan fingerprint density at radius 1 is 1.02 bits per heavy atom. The molecule has 2 aliphatic heterocycles. The third-order valence-electron chi connectivity index (χ3n) is 7.24. The van der Waals surface area contributed by atoms with Gasteiger partial charge in [0.15, 0.2) is 0 Å². The molecule has 0 aliphatic carbocycles. The van der Waals surface area contributed by atoms with Crippen LogP contribution in [0.1, 0.15) is 35.4 Å². The van der Waals surface area contributed by atoms with Gasteiger partial charge in [0.25, 0.3) is 5.91 Å². The fourth-order valence-electron chi connectivity index (χ4n) is 5.37. The molecule has 3 aromatic carbocycles. The predicted molar refractivity (Wildman–Crippen MR) is 148 cm³/mol. The van der Waals surface area contributed by atoms with Crippen molar-refractivity contribution in [2.45, 2.75) is 31.1 Å². The van der Waals surface area contributed by atoms with Crippen LogP contribution in [-0.4, -0.2) is 48.9 Å². The van der Waals surface area contributed by atoms with Gasteiger partial charge in [-0.3, -0.25) is 14.4 Å². The number of nitrogens with two attached hydrogens (primary N) is 1. The van der Waals surface area contributed by atoms with Gasteiger partial charge in [0.1, 0.15) is 0 Å². The summed E-state index contributed by atoms with van der Waals surface area (Å²) < 4.78 is 39.4. The number of primary amides is 1. The van der Waals surface area contributed by atoms with Gasteiger partial charge < -0.3 is 21.3 Å². The number of hydrogen-bond donors (Lipinski definition) is 3. The molecule has 4 N–H and O–H groups in total. The number of hydrogen-bond acceptors (Lipinski definition) is 5. The number of nitrogens with zero attached hydrogens (tertiary/aromatic N) is 2. The number of rotatable bonds is 8. The highest BCUT2D eigenvalue weighted by molar-refractivity contribution is 6.22. The molecule has 0 unspecified atom stereocenters. The Hall–Kier alpha value is -4.67. The number of carbonyl (C=O) groups excluding carboxylic acids is 3. The number of amides is 3. The van der Waals surface area contributed by atoms with Crippen LogP contribution >= 0.6 is 0 Å². The van der Waals surface area contributed by atoms with Gasteiger partial charge in [-0.1, -0.05) is 72.8 Å². The third-order valence-corrected chi connectivity index (χ3v) is 7.24. The molecule has 0 aromatic heterocycles. The summed E-state index contributed by atoms with van der Waals surface area (Å²) in [7, 11) is 0. The molecular formula is C30H28F3N5O3. The molecule has 3 aromatic rings. The van der Waals surface area contributed by atoms with Crippen molar-refractivity contribution in [1.29, 1.82) is 0 Å². The van der Waals surface area contributed by atoms with E-state index in [0.717, 1.165) is 5.69 Å². The molecule has 3 atom stereocenters. The Morgan fingerprint density at radius 3 is 2.37 bits per heavy atom. The van der Waals surface area contributed by atoms with E-state index < -0.39 is 54.7 Å². The van der Waals surface area contributed by atoms with Crippen LogP contribution in [-0.2, 0) is 14.4 Å². The van der Waals surface area contributed by atoms with E-state index in [1.807, 2.05) is 48.5 Å². The lowest BCUT2D eigenvalue weighted by molar-refractivity contribution is -0.143. The van der Waals surface area contributed by atoms with E-state index in [2.05, 4.69) is 10.6 Å². The number of halogens is 3. The Kier molecular flexibility index (Phi) is 7.78. The van der Waals surface area contributed by atoms with Gasteiger partial charge in [0.2, 0.25) is 18.0 Å². The zero-order chi connectivity index (χ0) is 29.1. The van der Waals surface area contributed by atoms with Crippen LogP contribution in [0.4, 0.5) is 24.5 Å². The Balaban J connectivity index is 1.56. The number of benzene rings is 3. The van der Waals surface area contributed by atoms with Crippen LogP contribution in [0.25, 0.3) is 0 Å². The Morgan fingerprint density at radius 2 is 1.71 bits per heavy atom. The topological polar surface area (TPSA) is 117 Å². The molecule has 0 spiro atoms. The number of nitrogens with one attached hydrogen (secondary N) is 2. The summed E-state index contributed by atoms with van der Waals surface area (Å²) in [5.74, 6) is -5.21. The summed E-state index contributed by atoms with van der Waals surface area (Å²) in [4.78, 5) is 46.5. The highest BCUT2D eigenvalue weighted by Crippen LogP contribution is 2.37. The van der Waals surface area contributed by atoms with E-state index in [0.29, 0.717) is 41.2 Å². The minimum atomic E-state index is -4.55. The number of para-hydroxylation sites is 1. The normalized spacial score (nSPS) is 17.8. The van der Waals surface area contributed by atoms with Crippen LogP contribution in [0.5, 0.6) is 0 Å². The van der Waals surface area contributed by atoms with Crippen LogP contribution in [0.3, 0.4) is 0 Å². The van der Waals surface area contributed by atoms with Crippen LogP contribution < -0.4 is 21.3 Å². The average molecular weight is 564 g/mol. The molecule has 0 saturated carbocycles. The lowest BCUT2D eigenvalue weighted by Gasteiger charge is -2.32. The first kappa shape index (κ1) is 27.9. The van der Waals surface area contributed by atoms with Gasteiger partial charge in [-0.05, 0) is 18.1 Å². The monoisotopic (exact) mass is 563 g/mol. The predicted octanol–water partition coefficient (Wildman–Crippen LogP) is 3.97. The van der Waals surface area contributed by atoms with E-state index >= 15 is 0 Å². The second-order valence-corrected chi connectivity index (χ2v) is 9.92. The van der Waals surface area contributed by atoms with Crippen molar-refractivity contribution in [2.24, 2.45) is 16.6 Å². The minimum Gasteiger partial charge on any atom is -0.382 e. The fourth-order valence-corrected chi connectivity index (χ4v) is 5.37. The maximum Gasteiger partial charge on any atom is 0.389 e. The molecule has 2 aliphatic rings. The molecule has 8 nitrogen and oxygen atoms in total. The first-order valence-corrected chi connectivity index (χ1v) is 13.2. The smallest absolute Gasteiger partial charge is 0.382 e. The number of anilines is 2. The molecule has 0 fully saturated rings. The first-order valence-electron chi connectivity index (χ1n) is 13.2. The van der Waals surface area contributed by atoms with Crippen LogP contribution in [0, 0.1) is 5.92 Å². The van der Waals surface area contributed by atoms with Crippen molar-refractivity contribution in [1.82, 2.24) is 5.32 Å². The molecule has 0 saturated heterocycles. The van der Waals surface area contributed by atoms with Gasteiger partial charge in [-0.2, -0.15) is 13.2 Å². The molecule has 41 heavy (non-hydrogen) atoms. The van der Waals surface area contributed by atoms with Crippen molar-refractivity contribution < 1.29 is 27.6 Å². The standard InChI is InChI=1S/C30H28F3N5O3/c31-30(32,33)15-14-20(26(34)39)23(18-8-3-1-4-9-18)28(40)37-27-29(41)38-17-16-35-22-13-7-12-21(25(22)38)24(36-27)19-10-5-2-6-11-19/h1-13,20,23,27,35H,14-17H2,(H2,34,39)(H,37,40)/t20-,23+,27-/m1/s1. The van der Waals surface area contributed by atoms with Crippen molar-refractivity contribution in [3.8, 4) is 0 Å². The second kappa shape index (κ2) is 11.4. The van der Waals surface area contributed by atoms with Gasteiger partial charge in [0.05, 0.1) is 28.9 Å². The zero-order valence-corrected chi connectivity index (χ0v) is 21.9. The van der Waals surface area contributed by atoms with Crippen molar-refractivity contribution in [2.75, 3.05) is 23.3 Å². The number of carbonyl (C=O) groups is 3. The summed E-state index contributed by atoms with van der Waals surface area (Å²) in [5, 5.41) is 5.95. The van der Waals surface area contributed by atoms with Crippen LogP contribution in [0.15, 0.2) is 83.9 Å². The highest BCUT2D eigenvalue weighted by atomic mass is 19.4. The van der Waals surface area contributed by atoms with Crippen molar-refractivity contribution in [3.63, 3.8) is 0 Å². The maximum atomic E-state index is 13.9. The summed E-state index contributed by atoms with van der Waals surface area (Å²) in [5.41, 5.74) is 9.08. The largest absolute Gasteiger partial charge is 0.389 e. The van der Waals surface area contributed by atoms with Crippen LogP contribution in [0.2, 0.25) is 0 Å². The van der Waals surface area contributed by atoms with Crippen molar-refractivity contribution >= 4 is 34.8 Å². The average Bonchev–Trinajstić information content (AvgIpc) is 3.07. The number of aliphatic imine (C=N–C) groups is 1. The fraction of sp³-hybridized carbons (Fsp3) is 0.267. The molecule has 212 valence electrons. The molecular weight excluding hydrogens is 535 g/mol. The molecule has 3 amide bonds. The quantitative estimate of drug-likeness (QED) is 0.385. The number of alkyl halides is 3. The van der Waals surface area contributed by atoms with Crippen molar-refractivity contribution in [3.05, 3.63) is 95.6 Å². The van der Waals surface area contributed by atoms with E-state index in [-0.39, 0.29) is 0 Å². The summed E-state index contributed by atoms with van der Waals surface area (Å²) in [6, 6.07) is 22.7. The lowest BCUT2D eigenvalue weighted by Crippen LogP contribution is -2.51. The Bertz CT molecular complexity index is 1480. The van der Waals surface area contributed by atoms with Gasteiger partial charge >= 0.3 is 6.18 Å². The lowest BCUT2D eigenvalue weighted by atomic mass is 9.81. The minimum absolute atomic E-state index is 0.303. The van der Waals surface area contributed by atoms with Gasteiger partial charge in [-0.15, -0.1) is 0 Å². The highest BCUT2D eigenvalue weighted by Gasteiger charge is 2.41.